The summed E-state index contributed by atoms with van der Waals surface area (Å²) in [6, 6.07) is 0. The number of hydrogen-bond acceptors (Lipinski definition) is 9. The van der Waals surface area contributed by atoms with Gasteiger partial charge >= 0.3 is 31.2 Å². The molecule has 12 nitrogen and oxygen atoms in total. The summed E-state index contributed by atoms with van der Waals surface area (Å²) in [5.74, 6) is 2.03. The molecule has 4 rings (SSSR count). The van der Waals surface area contributed by atoms with Crippen LogP contribution in [-0.2, 0) is 43.7 Å². The van der Waals surface area contributed by atoms with Crippen LogP contribution in [-0.4, -0.2) is 57.7 Å². The first kappa shape index (κ1) is 31.5. The first-order chi connectivity index (χ1) is 17.8. The molecule has 0 aromatic rings. The summed E-state index contributed by atoms with van der Waals surface area (Å²) < 4.78 is 110. The molecule has 0 spiro atoms. The minimum absolute atomic E-state index is 0.0461. The third kappa shape index (κ3) is 6.99. The van der Waals surface area contributed by atoms with E-state index >= 15 is 0 Å². The molecule has 4 aliphatic carbocycles. The van der Waals surface area contributed by atoms with E-state index in [9.17, 15) is 34.4 Å². The van der Waals surface area contributed by atoms with Gasteiger partial charge in [0.15, 0.2) is 0 Å². The van der Waals surface area contributed by atoms with Crippen molar-refractivity contribution < 1.29 is 51.5 Å². The van der Waals surface area contributed by atoms with Crippen LogP contribution >= 0.6 is 0 Å². The smallest absolute Gasteiger partial charge is 0.264 e. The van der Waals surface area contributed by atoms with E-state index in [0.717, 1.165) is 44.9 Å². The van der Waals surface area contributed by atoms with Gasteiger partial charge in [-0.25, -0.2) is 12.5 Å². The maximum atomic E-state index is 11.6. The van der Waals surface area contributed by atoms with E-state index in [0.29, 0.717) is 30.1 Å². The Hall–Kier alpha value is -0.390. The Balaban J connectivity index is 1.49. The van der Waals surface area contributed by atoms with Crippen LogP contribution in [0.3, 0.4) is 0 Å². The highest BCUT2D eigenvalue weighted by atomic mass is 32.3. The highest BCUT2D eigenvalue weighted by Gasteiger charge is 2.62. The first-order valence-electron chi connectivity index (χ1n) is 13.8. The van der Waals surface area contributed by atoms with E-state index in [-0.39, 0.29) is 42.1 Å². The molecule has 228 valence electrons. The SMILES string of the molecule is C[C@H](CCCOS(=O)(=O)O)[C@H]1CC[C@H]2[C@@H]3CC[C@H]4C[C@H](OS(=O)(=O)O)[C@@H](OS(=O)(=O)O)C[C@]4(C)[C@H]3CC[C@]12C. The van der Waals surface area contributed by atoms with Crippen LogP contribution in [0.2, 0.25) is 0 Å². The van der Waals surface area contributed by atoms with Crippen LogP contribution in [0.15, 0.2) is 0 Å². The van der Waals surface area contributed by atoms with Gasteiger partial charge in [-0.05, 0) is 111 Å². The lowest BCUT2D eigenvalue weighted by atomic mass is 9.44. The summed E-state index contributed by atoms with van der Waals surface area (Å²) >= 11 is 0. The second-order valence-corrected chi connectivity index (χ2v) is 16.0. The van der Waals surface area contributed by atoms with Crippen LogP contribution in [0, 0.1) is 46.3 Å². The number of hydrogen-bond donors (Lipinski definition) is 3. The zero-order valence-corrected chi connectivity index (χ0v) is 25.1. The summed E-state index contributed by atoms with van der Waals surface area (Å²) in [5.41, 5.74) is -0.237. The molecule has 3 N–H and O–H groups in total. The van der Waals surface area contributed by atoms with Crippen LogP contribution in [0.4, 0.5) is 0 Å². The summed E-state index contributed by atoms with van der Waals surface area (Å²) in [6.07, 6.45) is 5.13. The monoisotopic (exact) mass is 618 g/mol. The Bertz CT molecular complexity index is 1220. The quantitative estimate of drug-likeness (QED) is 0.237. The molecule has 0 radical (unpaired) electrons. The van der Waals surface area contributed by atoms with Crippen molar-refractivity contribution in [2.24, 2.45) is 46.3 Å². The average molecular weight is 619 g/mol. The molecule has 0 amide bonds. The first-order valence-corrected chi connectivity index (χ1v) is 17.8. The van der Waals surface area contributed by atoms with Crippen LogP contribution in [0.1, 0.15) is 85.0 Å². The van der Waals surface area contributed by atoms with Gasteiger partial charge in [-0.1, -0.05) is 20.8 Å². The van der Waals surface area contributed by atoms with E-state index in [1.54, 1.807) is 0 Å². The van der Waals surface area contributed by atoms with Gasteiger partial charge in [0.25, 0.3) is 0 Å². The lowest BCUT2D eigenvalue weighted by molar-refractivity contribution is -0.152. The summed E-state index contributed by atoms with van der Waals surface area (Å²) in [4.78, 5) is 0. The highest BCUT2D eigenvalue weighted by Crippen LogP contribution is 2.68. The predicted molar refractivity (Wildman–Crippen MR) is 139 cm³/mol. The van der Waals surface area contributed by atoms with E-state index in [2.05, 4.69) is 25.0 Å². The van der Waals surface area contributed by atoms with Crippen LogP contribution in [0.25, 0.3) is 0 Å². The number of fused-ring (bicyclic) bond motifs is 5. The summed E-state index contributed by atoms with van der Waals surface area (Å²) in [5, 5.41) is 0. The fourth-order valence-electron chi connectivity index (χ4n) is 9.49. The van der Waals surface area contributed by atoms with Gasteiger partial charge < -0.3 is 0 Å². The molecule has 4 aliphatic rings. The standard InChI is InChI=1S/C24H42O12S3/c1-15(5-4-12-34-37(25,26)27)18-8-9-19-17-7-6-16-13-21(35-38(28,29)30)22(36-39(31,32)33)14-24(16,3)20(17)10-11-23(18,19)2/h15-22H,4-14H2,1-3H3,(H,25,26,27)(H,28,29,30)(H,31,32,33)/t15-,16+,17+,18-,19+,20+,21+,22+,23-,24+/m1/s1. The maximum Gasteiger partial charge on any atom is 0.397 e. The topological polar surface area (TPSA) is 191 Å². The predicted octanol–water partition coefficient (Wildman–Crippen LogP) is 3.87. The fraction of sp³-hybridized carbons (Fsp3) is 1.00. The zero-order valence-electron chi connectivity index (χ0n) is 22.6. The van der Waals surface area contributed by atoms with Crippen molar-refractivity contribution in [1.82, 2.24) is 0 Å². The highest BCUT2D eigenvalue weighted by molar-refractivity contribution is 7.81. The summed E-state index contributed by atoms with van der Waals surface area (Å²) in [6.45, 7) is 6.64. The molecule has 0 unspecified atom stereocenters. The largest absolute Gasteiger partial charge is 0.397 e. The Labute approximate surface area is 232 Å². The Morgan fingerprint density at radius 2 is 1.41 bits per heavy atom. The Morgan fingerprint density at radius 1 is 0.795 bits per heavy atom. The molecular formula is C24H42O12S3. The molecule has 10 atom stereocenters. The lowest BCUT2D eigenvalue weighted by Gasteiger charge is -2.62. The van der Waals surface area contributed by atoms with Crippen molar-refractivity contribution in [3.05, 3.63) is 0 Å². The molecule has 0 aromatic carbocycles. The minimum atomic E-state index is -4.88. The molecular weight excluding hydrogens is 576 g/mol. The zero-order chi connectivity index (χ0) is 29.0. The average Bonchev–Trinajstić information content (AvgIpc) is 3.12. The number of rotatable bonds is 10. The summed E-state index contributed by atoms with van der Waals surface area (Å²) in [7, 11) is -14.2. The Morgan fingerprint density at radius 3 is 2.03 bits per heavy atom. The van der Waals surface area contributed by atoms with Gasteiger partial charge in [0.1, 0.15) is 12.2 Å². The van der Waals surface area contributed by atoms with E-state index in [1.165, 1.54) is 0 Å². The normalized spacial score (nSPS) is 41.8. The van der Waals surface area contributed by atoms with Crippen LogP contribution < -0.4 is 0 Å². The maximum absolute atomic E-state index is 11.6. The van der Waals surface area contributed by atoms with Gasteiger partial charge in [0.2, 0.25) is 0 Å². The third-order valence-electron chi connectivity index (χ3n) is 10.9. The molecule has 15 heteroatoms. The van der Waals surface area contributed by atoms with E-state index in [1.807, 2.05) is 0 Å². The second kappa shape index (κ2) is 11.0. The van der Waals surface area contributed by atoms with Gasteiger partial charge in [-0.15, -0.1) is 0 Å². The van der Waals surface area contributed by atoms with Crippen molar-refractivity contribution in [2.45, 2.75) is 97.2 Å². The fourth-order valence-corrected chi connectivity index (χ4v) is 10.8. The van der Waals surface area contributed by atoms with Crippen molar-refractivity contribution in [3.63, 3.8) is 0 Å². The van der Waals surface area contributed by atoms with Crippen molar-refractivity contribution in [1.29, 1.82) is 0 Å². The van der Waals surface area contributed by atoms with Crippen molar-refractivity contribution >= 4 is 31.2 Å². The second-order valence-electron chi connectivity index (χ2n) is 12.8. The lowest BCUT2D eigenvalue weighted by Crippen LogP contribution is -2.57. The molecule has 0 saturated heterocycles. The van der Waals surface area contributed by atoms with Gasteiger partial charge in [-0.2, -0.15) is 25.3 Å². The van der Waals surface area contributed by atoms with Crippen molar-refractivity contribution in [3.8, 4) is 0 Å². The molecule has 4 saturated carbocycles. The molecule has 4 fully saturated rings. The molecule has 39 heavy (non-hydrogen) atoms. The van der Waals surface area contributed by atoms with Crippen LogP contribution in [0.5, 0.6) is 0 Å². The van der Waals surface area contributed by atoms with Crippen molar-refractivity contribution in [2.75, 3.05) is 6.61 Å². The Kier molecular flexibility index (Phi) is 8.92. The molecule has 0 aromatic heterocycles. The molecule has 0 bridgehead atoms. The molecule has 0 heterocycles. The van der Waals surface area contributed by atoms with Gasteiger partial charge in [0, 0.05) is 0 Å². The van der Waals surface area contributed by atoms with E-state index in [4.69, 9.17) is 12.9 Å². The van der Waals surface area contributed by atoms with E-state index < -0.39 is 43.4 Å². The van der Waals surface area contributed by atoms with Gasteiger partial charge in [0.05, 0.1) is 6.61 Å². The third-order valence-corrected chi connectivity index (χ3v) is 12.4. The van der Waals surface area contributed by atoms with Gasteiger partial charge in [-0.3, -0.25) is 13.7 Å². The minimum Gasteiger partial charge on any atom is -0.264 e. The molecule has 0 aliphatic heterocycles.